The summed E-state index contributed by atoms with van der Waals surface area (Å²) in [5.41, 5.74) is 17.1. The molecule has 0 saturated heterocycles. The maximum absolute atomic E-state index is 6.30. The van der Waals surface area contributed by atoms with Crippen molar-refractivity contribution in [2.75, 3.05) is 0 Å². The highest BCUT2D eigenvalue weighted by atomic mass is 15.2. The average molecular weight is 346 g/mol. The minimum Gasteiger partial charge on any atom is -0.326 e. The molecule has 4 unspecified atom stereocenters. The van der Waals surface area contributed by atoms with Gasteiger partial charge in [0.2, 0.25) is 0 Å². The molecule has 1 fully saturated rings. The van der Waals surface area contributed by atoms with Crippen LogP contribution in [0.15, 0.2) is 70.9 Å². The Labute approximate surface area is 155 Å². The van der Waals surface area contributed by atoms with Gasteiger partial charge >= 0.3 is 0 Å². The van der Waals surface area contributed by atoms with Crippen molar-refractivity contribution in [1.29, 1.82) is 0 Å². The highest BCUT2D eigenvalue weighted by molar-refractivity contribution is 6.11. The summed E-state index contributed by atoms with van der Waals surface area (Å²) in [5.74, 6) is 0.673. The third-order valence-electron chi connectivity index (χ3n) is 5.76. The van der Waals surface area contributed by atoms with Gasteiger partial charge in [0, 0.05) is 23.9 Å². The van der Waals surface area contributed by atoms with Crippen LogP contribution in [0, 0.1) is 11.8 Å². The summed E-state index contributed by atoms with van der Waals surface area (Å²) in [7, 11) is 0. The fourth-order valence-corrected chi connectivity index (χ4v) is 4.25. The van der Waals surface area contributed by atoms with Crippen molar-refractivity contribution in [2.24, 2.45) is 33.5 Å². The van der Waals surface area contributed by atoms with Crippen LogP contribution in [0.25, 0.3) is 0 Å². The third-order valence-corrected chi connectivity index (χ3v) is 5.76. The first-order valence-corrected chi connectivity index (χ1v) is 9.51. The molecular formula is C22H26N4. The van der Waals surface area contributed by atoms with E-state index in [0.29, 0.717) is 11.8 Å². The van der Waals surface area contributed by atoms with Gasteiger partial charge in [-0.05, 0) is 36.8 Å². The van der Waals surface area contributed by atoms with E-state index >= 15 is 0 Å². The average Bonchev–Trinajstić information content (AvgIpc) is 2.70. The van der Waals surface area contributed by atoms with Gasteiger partial charge < -0.3 is 11.5 Å². The van der Waals surface area contributed by atoms with Crippen molar-refractivity contribution in [1.82, 2.24) is 0 Å². The van der Waals surface area contributed by atoms with E-state index in [1.807, 2.05) is 12.1 Å². The molecule has 4 atom stereocenters. The zero-order chi connectivity index (χ0) is 17.9. The highest BCUT2D eigenvalue weighted by Gasteiger charge is 2.37. The first-order valence-electron chi connectivity index (χ1n) is 9.51. The monoisotopic (exact) mass is 346 g/mol. The molecular weight excluding hydrogens is 320 g/mol. The fourth-order valence-electron chi connectivity index (χ4n) is 4.25. The summed E-state index contributed by atoms with van der Waals surface area (Å²) in [4.78, 5) is 0. The summed E-state index contributed by atoms with van der Waals surface area (Å²) >= 11 is 0. The normalized spacial score (nSPS) is 29.0. The minimum absolute atomic E-state index is 0.0620. The standard InChI is InChI=1S/C22H26N4/c23-19-13-11-17-18(12-14-20(19)24)22(16-9-5-2-6-10-16)26-25-21(17)15-7-3-1-4-8-15/h1-10,17-20H,11-14,23-24H2. The summed E-state index contributed by atoms with van der Waals surface area (Å²) in [5, 5.41) is 9.38. The maximum atomic E-state index is 6.30. The third kappa shape index (κ3) is 3.35. The van der Waals surface area contributed by atoms with Crippen molar-refractivity contribution in [2.45, 2.75) is 37.8 Å². The molecule has 1 aliphatic heterocycles. The van der Waals surface area contributed by atoms with Gasteiger partial charge in [0.25, 0.3) is 0 Å². The SMILES string of the molecule is NC1CCC2C(c3ccccc3)=NN=C(c3ccccc3)C2CCC1N. The molecule has 26 heavy (non-hydrogen) atoms. The van der Waals surface area contributed by atoms with E-state index in [-0.39, 0.29) is 12.1 Å². The number of rotatable bonds is 2. The van der Waals surface area contributed by atoms with Gasteiger partial charge in [-0.25, -0.2) is 0 Å². The lowest BCUT2D eigenvalue weighted by atomic mass is 9.71. The van der Waals surface area contributed by atoms with Crippen LogP contribution in [0.5, 0.6) is 0 Å². The van der Waals surface area contributed by atoms with Crippen LogP contribution in [0.1, 0.15) is 36.8 Å². The molecule has 1 saturated carbocycles. The van der Waals surface area contributed by atoms with Gasteiger partial charge in [0.15, 0.2) is 0 Å². The molecule has 0 radical (unpaired) electrons. The summed E-state index contributed by atoms with van der Waals surface area (Å²) < 4.78 is 0. The predicted molar refractivity (Wildman–Crippen MR) is 107 cm³/mol. The molecule has 2 aromatic carbocycles. The quantitative estimate of drug-likeness (QED) is 0.875. The highest BCUT2D eigenvalue weighted by Crippen LogP contribution is 2.36. The van der Waals surface area contributed by atoms with Crippen molar-refractivity contribution >= 4 is 11.4 Å². The van der Waals surface area contributed by atoms with Crippen LogP contribution in [-0.4, -0.2) is 23.5 Å². The molecule has 0 aromatic heterocycles. The van der Waals surface area contributed by atoms with Crippen LogP contribution in [0.4, 0.5) is 0 Å². The van der Waals surface area contributed by atoms with Gasteiger partial charge in [-0.15, -0.1) is 0 Å². The molecule has 4 N–H and O–H groups in total. The number of benzene rings is 2. The molecule has 2 aliphatic rings. The number of fused-ring (bicyclic) bond motifs is 1. The molecule has 0 spiro atoms. The lowest BCUT2D eigenvalue weighted by molar-refractivity contribution is 0.337. The first-order chi connectivity index (χ1) is 12.7. The first kappa shape index (κ1) is 17.1. The van der Waals surface area contributed by atoms with Crippen LogP contribution < -0.4 is 11.5 Å². The number of hydrogen-bond donors (Lipinski definition) is 2. The molecule has 4 heteroatoms. The second-order valence-corrected chi connectivity index (χ2v) is 7.40. The van der Waals surface area contributed by atoms with Crippen LogP contribution >= 0.6 is 0 Å². The van der Waals surface area contributed by atoms with E-state index in [9.17, 15) is 0 Å². The van der Waals surface area contributed by atoms with Crippen LogP contribution in [0.2, 0.25) is 0 Å². The smallest absolute Gasteiger partial charge is 0.0740 e. The van der Waals surface area contributed by atoms with E-state index < -0.39 is 0 Å². The lowest BCUT2D eigenvalue weighted by Gasteiger charge is -2.36. The lowest BCUT2D eigenvalue weighted by Crippen LogP contribution is -2.46. The Balaban J connectivity index is 1.76. The summed E-state index contributed by atoms with van der Waals surface area (Å²) in [6.45, 7) is 0. The predicted octanol–water partition coefficient (Wildman–Crippen LogP) is 3.35. The van der Waals surface area contributed by atoms with Crippen LogP contribution in [0.3, 0.4) is 0 Å². The molecule has 1 aliphatic carbocycles. The Morgan fingerprint density at radius 1 is 0.577 bits per heavy atom. The van der Waals surface area contributed by atoms with E-state index in [2.05, 4.69) is 48.5 Å². The Morgan fingerprint density at radius 2 is 0.962 bits per heavy atom. The van der Waals surface area contributed by atoms with Gasteiger partial charge in [0.1, 0.15) is 0 Å². The molecule has 4 rings (SSSR count). The van der Waals surface area contributed by atoms with Gasteiger partial charge in [-0.3, -0.25) is 0 Å². The Hall–Kier alpha value is -2.30. The van der Waals surface area contributed by atoms with Gasteiger partial charge in [-0.1, -0.05) is 60.7 Å². The Kier molecular flexibility index (Phi) is 4.96. The van der Waals surface area contributed by atoms with E-state index in [1.54, 1.807) is 0 Å². The van der Waals surface area contributed by atoms with Crippen molar-refractivity contribution in [3.8, 4) is 0 Å². The maximum Gasteiger partial charge on any atom is 0.0740 e. The summed E-state index contributed by atoms with van der Waals surface area (Å²) in [6.07, 6.45) is 3.85. The molecule has 1 heterocycles. The van der Waals surface area contributed by atoms with Crippen molar-refractivity contribution < 1.29 is 0 Å². The molecule has 0 amide bonds. The van der Waals surface area contributed by atoms with Crippen molar-refractivity contribution in [3.05, 3.63) is 71.8 Å². The molecule has 0 bridgehead atoms. The molecule has 134 valence electrons. The number of nitrogens with zero attached hydrogens (tertiary/aromatic N) is 2. The van der Waals surface area contributed by atoms with Gasteiger partial charge in [0.05, 0.1) is 11.4 Å². The largest absolute Gasteiger partial charge is 0.326 e. The van der Waals surface area contributed by atoms with Crippen molar-refractivity contribution in [3.63, 3.8) is 0 Å². The summed E-state index contributed by atoms with van der Waals surface area (Å²) in [6, 6.07) is 21.0. The van der Waals surface area contributed by atoms with E-state index in [1.165, 1.54) is 0 Å². The van der Waals surface area contributed by atoms with Crippen LogP contribution in [-0.2, 0) is 0 Å². The molecule has 4 nitrogen and oxygen atoms in total. The fraction of sp³-hybridized carbons (Fsp3) is 0.364. The molecule has 2 aromatic rings. The number of hydrogen-bond acceptors (Lipinski definition) is 4. The van der Waals surface area contributed by atoms with E-state index in [4.69, 9.17) is 21.7 Å². The Morgan fingerprint density at radius 3 is 1.35 bits per heavy atom. The van der Waals surface area contributed by atoms with Gasteiger partial charge in [-0.2, -0.15) is 10.2 Å². The van der Waals surface area contributed by atoms with E-state index in [0.717, 1.165) is 48.2 Å². The number of nitrogens with two attached hydrogens (primary N) is 2. The second-order valence-electron chi connectivity index (χ2n) is 7.40. The second kappa shape index (κ2) is 7.52. The topological polar surface area (TPSA) is 76.8 Å². The zero-order valence-electron chi connectivity index (χ0n) is 15.0. The zero-order valence-corrected chi connectivity index (χ0v) is 15.0. The minimum atomic E-state index is 0.0620. The Bertz CT molecular complexity index is 728.